The van der Waals surface area contributed by atoms with E-state index in [1.165, 1.54) is 135 Å². The minimum atomic E-state index is 0.279. The smallest absolute Gasteiger partial charge is 0.00647 e. The minimum absolute atomic E-state index is 0.279. The quantitative estimate of drug-likeness (QED) is 0.142. The van der Waals surface area contributed by atoms with Gasteiger partial charge in [0.05, 0.1) is 0 Å². The highest BCUT2D eigenvalue weighted by atomic mass is 14.7. The van der Waals surface area contributed by atoms with Crippen molar-refractivity contribution in [3.63, 3.8) is 0 Å². The van der Waals surface area contributed by atoms with Gasteiger partial charge in [-0.25, -0.2) is 0 Å². The number of rotatable bonds is 6. The lowest BCUT2D eigenvalue weighted by atomic mass is 9.63. The summed E-state index contributed by atoms with van der Waals surface area (Å²) < 4.78 is 0. The lowest BCUT2D eigenvalue weighted by Gasteiger charge is -2.45. The van der Waals surface area contributed by atoms with E-state index in [4.69, 9.17) is 40.1 Å². The lowest BCUT2D eigenvalue weighted by molar-refractivity contribution is 0.0904. The van der Waals surface area contributed by atoms with Crippen LogP contribution in [0.4, 0.5) is 0 Å². The average molecular weight is 746 g/mol. The molecule has 0 heterocycles. The van der Waals surface area contributed by atoms with E-state index in [0.29, 0.717) is 35.6 Å². The summed E-state index contributed by atoms with van der Waals surface area (Å²) in [7, 11) is 0. The highest BCUT2D eigenvalue weighted by Gasteiger charge is 2.39. The molecule has 314 valence electrons. The van der Waals surface area contributed by atoms with Gasteiger partial charge in [-0.05, 0) is 200 Å². The van der Waals surface area contributed by atoms with E-state index in [1.54, 1.807) is 0 Å². The second-order valence-electron chi connectivity index (χ2n) is 21.5. The van der Waals surface area contributed by atoms with Gasteiger partial charge >= 0.3 is 0 Å². The van der Waals surface area contributed by atoms with Gasteiger partial charge < -0.3 is 40.1 Å². The molecule has 6 saturated carbocycles. The first-order valence-electron chi connectivity index (χ1n) is 23.2. The fraction of sp³-hybridized carbons (Fsp3) is 1.00. The third kappa shape index (κ3) is 17.4. The van der Waals surface area contributed by atoms with Gasteiger partial charge in [0.25, 0.3) is 0 Å². The Bertz CT molecular complexity index is 916. The van der Waals surface area contributed by atoms with E-state index in [2.05, 4.69) is 41.5 Å². The van der Waals surface area contributed by atoms with Gasteiger partial charge in [-0.2, -0.15) is 0 Å². The molecule has 0 radical (unpaired) electrons. The van der Waals surface area contributed by atoms with Crippen molar-refractivity contribution in [2.24, 2.45) is 98.3 Å². The van der Waals surface area contributed by atoms with Crippen molar-refractivity contribution >= 4 is 0 Å². The molecule has 0 bridgehead atoms. The largest absolute Gasteiger partial charge is 0.330 e. The van der Waals surface area contributed by atoms with Crippen LogP contribution in [-0.4, -0.2) is 43.3 Å². The summed E-state index contributed by atoms with van der Waals surface area (Å²) in [6, 6.07) is 2.28. The molecule has 0 saturated heterocycles. The van der Waals surface area contributed by atoms with Gasteiger partial charge in [-0.1, -0.05) is 60.8 Å². The van der Waals surface area contributed by atoms with E-state index in [0.717, 1.165) is 73.3 Å². The SMILES string of the molecule is CC1(C)CC(N)CC(C)(CN)C1.CC1CC(CC2CCC(N)C(C)C2)CCC1N.CC1CCCCC1CN.NC1CCC(CC2CCC(N)CC2)CC1. The van der Waals surface area contributed by atoms with Crippen LogP contribution in [-0.2, 0) is 0 Å². The molecule has 6 aliphatic rings. The molecule has 7 nitrogen and oxygen atoms in total. The van der Waals surface area contributed by atoms with Gasteiger partial charge in [-0.15, -0.1) is 0 Å². The predicted octanol–water partition coefficient (Wildman–Crippen LogP) is 8.58. The van der Waals surface area contributed by atoms with Crippen LogP contribution in [0.1, 0.15) is 189 Å². The molecule has 0 spiro atoms. The first-order chi connectivity index (χ1) is 25.0. The highest BCUT2D eigenvalue weighted by Crippen LogP contribution is 2.45. The number of hydrogen-bond donors (Lipinski definition) is 7. The van der Waals surface area contributed by atoms with E-state index in [-0.39, 0.29) is 5.41 Å². The maximum atomic E-state index is 6.10. The summed E-state index contributed by atoms with van der Waals surface area (Å²) in [4.78, 5) is 0. The van der Waals surface area contributed by atoms with Crippen molar-refractivity contribution in [2.45, 2.75) is 219 Å². The zero-order valence-electron chi connectivity index (χ0n) is 36.2. The van der Waals surface area contributed by atoms with Gasteiger partial charge in [0, 0.05) is 30.2 Å². The van der Waals surface area contributed by atoms with E-state index < -0.39 is 0 Å². The van der Waals surface area contributed by atoms with Crippen LogP contribution in [0, 0.1) is 58.2 Å². The van der Waals surface area contributed by atoms with E-state index in [9.17, 15) is 0 Å². The predicted molar refractivity (Wildman–Crippen MR) is 231 cm³/mol. The first kappa shape index (κ1) is 47.1. The Morgan fingerprint density at radius 1 is 0.472 bits per heavy atom. The zero-order chi connectivity index (χ0) is 39.2. The fourth-order valence-electron chi connectivity index (χ4n) is 11.9. The van der Waals surface area contributed by atoms with E-state index >= 15 is 0 Å². The topological polar surface area (TPSA) is 182 Å². The Morgan fingerprint density at radius 2 is 0.906 bits per heavy atom. The molecule has 7 heteroatoms. The average Bonchev–Trinajstić information content (AvgIpc) is 3.10. The third-order valence-electron chi connectivity index (χ3n) is 15.4. The maximum Gasteiger partial charge on any atom is 0.00647 e. The molecule has 0 aliphatic heterocycles. The molecule has 6 fully saturated rings. The molecule has 0 aromatic rings. The first-order valence-corrected chi connectivity index (χ1v) is 23.2. The molecule has 6 aliphatic carbocycles. The highest BCUT2D eigenvalue weighted by molar-refractivity contribution is 4.93. The van der Waals surface area contributed by atoms with Gasteiger partial charge in [0.15, 0.2) is 0 Å². The van der Waals surface area contributed by atoms with Crippen molar-refractivity contribution in [3.05, 3.63) is 0 Å². The summed E-state index contributed by atoms with van der Waals surface area (Å²) in [5.74, 6) is 7.03. The molecule has 14 N–H and O–H groups in total. The second-order valence-corrected chi connectivity index (χ2v) is 21.5. The summed E-state index contributed by atoms with van der Waals surface area (Å²) in [5.41, 5.74) is 42.1. The molecule has 0 aromatic heterocycles. The Labute approximate surface area is 330 Å². The monoisotopic (exact) mass is 746 g/mol. The Balaban J connectivity index is 0.000000195. The standard InChI is InChI=1S/C15H30N2.C13H26N2.C10H22N2.C8H17N/c1-10-7-12(3-5-14(10)16)9-13-4-6-15(17)11(2)8-13;14-12-5-1-10(2-6-12)9-11-3-7-13(15)8-4-11;1-9(2)4-8(12)5-10(3,6-9)7-11;1-7-4-2-3-5-8(7)6-9/h10-15H,3-9,16-17H2,1-2H3;10-13H,1-9,14-15H2;8H,4-7,11-12H2,1-3H3;7-8H,2-6,9H2,1H3. The van der Waals surface area contributed by atoms with Crippen LogP contribution in [0.3, 0.4) is 0 Å². The van der Waals surface area contributed by atoms with Crippen LogP contribution in [0.2, 0.25) is 0 Å². The van der Waals surface area contributed by atoms with Crippen LogP contribution in [0.5, 0.6) is 0 Å². The van der Waals surface area contributed by atoms with Crippen LogP contribution in [0.25, 0.3) is 0 Å². The Hall–Kier alpha value is -0.280. The summed E-state index contributed by atoms with van der Waals surface area (Å²) >= 11 is 0. The molecule has 0 aromatic carbocycles. The van der Waals surface area contributed by atoms with Gasteiger partial charge in [0.1, 0.15) is 0 Å². The van der Waals surface area contributed by atoms with Crippen LogP contribution >= 0.6 is 0 Å². The van der Waals surface area contributed by atoms with Crippen molar-refractivity contribution in [3.8, 4) is 0 Å². The lowest BCUT2D eigenvalue weighted by Crippen LogP contribution is -2.45. The number of hydrogen-bond acceptors (Lipinski definition) is 7. The second kappa shape index (κ2) is 23.2. The Kier molecular flexibility index (Phi) is 20.6. The molecule has 10 atom stereocenters. The maximum absolute atomic E-state index is 6.10. The Morgan fingerprint density at radius 3 is 1.28 bits per heavy atom. The van der Waals surface area contributed by atoms with Crippen LogP contribution in [0.15, 0.2) is 0 Å². The molecule has 10 unspecified atom stereocenters. The molecule has 6 rings (SSSR count). The summed E-state index contributed by atoms with van der Waals surface area (Å²) in [6.45, 7) is 15.5. The summed E-state index contributed by atoms with van der Waals surface area (Å²) in [5, 5.41) is 0. The minimum Gasteiger partial charge on any atom is -0.330 e. The van der Waals surface area contributed by atoms with Crippen LogP contribution < -0.4 is 40.1 Å². The van der Waals surface area contributed by atoms with Crippen molar-refractivity contribution in [2.75, 3.05) is 13.1 Å². The van der Waals surface area contributed by atoms with Crippen molar-refractivity contribution in [1.29, 1.82) is 0 Å². The molecular formula is C46H95N7. The van der Waals surface area contributed by atoms with E-state index in [1.807, 2.05) is 0 Å². The molecule has 0 amide bonds. The molecule has 53 heavy (non-hydrogen) atoms. The summed E-state index contributed by atoms with van der Waals surface area (Å²) in [6.07, 6.45) is 30.4. The zero-order valence-corrected chi connectivity index (χ0v) is 36.2. The van der Waals surface area contributed by atoms with Gasteiger partial charge in [-0.3, -0.25) is 0 Å². The third-order valence-corrected chi connectivity index (χ3v) is 15.4. The fourth-order valence-corrected chi connectivity index (χ4v) is 11.9. The van der Waals surface area contributed by atoms with Crippen molar-refractivity contribution in [1.82, 2.24) is 0 Å². The number of nitrogens with two attached hydrogens (primary N) is 7. The normalized spacial score (nSPS) is 43.1. The molecular weight excluding hydrogens is 651 g/mol. The van der Waals surface area contributed by atoms with Gasteiger partial charge in [0.2, 0.25) is 0 Å². The van der Waals surface area contributed by atoms with Crippen molar-refractivity contribution < 1.29 is 0 Å².